The molecule has 156 valence electrons. The fraction of sp³-hybridized carbons (Fsp3) is 0.250. The number of amides is 3. The highest BCUT2D eigenvalue weighted by atomic mass is 32.1. The van der Waals surface area contributed by atoms with Gasteiger partial charge in [0.1, 0.15) is 10.8 Å². The standard InChI is InChI=1S/C20H22N6O3S/c1-20(2,3)17-25-26-19(30-17)24-18(28)23-13-8-9-22-15(11-13)29-14-7-5-6-12(10-14)16(27)21-4/h5-11H,1-4H3,(H,21,27)(H2,22,23,24,26,28). The Morgan fingerprint density at radius 1 is 1.07 bits per heavy atom. The molecule has 0 bridgehead atoms. The van der Waals surface area contributed by atoms with Crippen LogP contribution in [0.2, 0.25) is 0 Å². The van der Waals surface area contributed by atoms with Crippen LogP contribution in [0.4, 0.5) is 15.6 Å². The zero-order valence-electron chi connectivity index (χ0n) is 17.0. The first-order valence-electron chi connectivity index (χ1n) is 9.12. The maximum absolute atomic E-state index is 12.3. The zero-order valence-corrected chi connectivity index (χ0v) is 17.8. The van der Waals surface area contributed by atoms with Crippen molar-refractivity contribution in [3.8, 4) is 11.6 Å². The van der Waals surface area contributed by atoms with Gasteiger partial charge in [0, 0.05) is 36.0 Å². The van der Waals surface area contributed by atoms with Gasteiger partial charge >= 0.3 is 6.03 Å². The normalized spacial score (nSPS) is 10.9. The average Bonchev–Trinajstić information content (AvgIpc) is 3.16. The van der Waals surface area contributed by atoms with E-state index in [2.05, 4.69) is 31.1 Å². The lowest BCUT2D eigenvalue weighted by atomic mass is 9.98. The molecule has 0 radical (unpaired) electrons. The van der Waals surface area contributed by atoms with Crippen LogP contribution >= 0.6 is 11.3 Å². The molecule has 3 amide bonds. The van der Waals surface area contributed by atoms with Gasteiger partial charge in [0.2, 0.25) is 11.0 Å². The van der Waals surface area contributed by atoms with E-state index in [1.807, 2.05) is 20.8 Å². The fourth-order valence-electron chi connectivity index (χ4n) is 2.35. The summed E-state index contributed by atoms with van der Waals surface area (Å²) < 4.78 is 5.71. The number of carbonyl (C=O) groups excluding carboxylic acids is 2. The summed E-state index contributed by atoms with van der Waals surface area (Å²) in [6.07, 6.45) is 1.51. The number of urea groups is 1. The molecule has 0 aliphatic heterocycles. The molecule has 1 aromatic carbocycles. The van der Waals surface area contributed by atoms with Crippen LogP contribution in [-0.2, 0) is 5.41 Å². The Hall–Kier alpha value is -3.53. The lowest BCUT2D eigenvalue weighted by Crippen LogP contribution is -2.19. The first kappa shape index (κ1) is 21.2. The Kier molecular flexibility index (Phi) is 6.26. The maximum Gasteiger partial charge on any atom is 0.325 e. The van der Waals surface area contributed by atoms with E-state index in [0.717, 1.165) is 5.01 Å². The molecule has 0 saturated heterocycles. The van der Waals surface area contributed by atoms with Crippen molar-refractivity contribution in [3.63, 3.8) is 0 Å². The molecule has 2 heterocycles. The summed E-state index contributed by atoms with van der Waals surface area (Å²) in [6.45, 7) is 6.08. The van der Waals surface area contributed by atoms with E-state index in [-0.39, 0.29) is 17.2 Å². The SMILES string of the molecule is CNC(=O)c1cccc(Oc2cc(NC(=O)Nc3nnc(C(C)(C)C)s3)ccn2)c1. The number of benzene rings is 1. The van der Waals surface area contributed by atoms with Gasteiger partial charge in [-0.3, -0.25) is 10.1 Å². The van der Waals surface area contributed by atoms with Crippen LogP contribution in [0.5, 0.6) is 11.6 Å². The van der Waals surface area contributed by atoms with Gasteiger partial charge in [0.15, 0.2) is 0 Å². The molecule has 2 aromatic heterocycles. The second-order valence-corrected chi connectivity index (χ2v) is 8.31. The van der Waals surface area contributed by atoms with Crippen molar-refractivity contribution >= 4 is 34.1 Å². The molecule has 0 saturated carbocycles. The Morgan fingerprint density at radius 2 is 1.87 bits per heavy atom. The van der Waals surface area contributed by atoms with Gasteiger partial charge in [-0.2, -0.15) is 0 Å². The van der Waals surface area contributed by atoms with Crippen molar-refractivity contribution < 1.29 is 14.3 Å². The van der Waals surface area contributed by atoms with E-state index in [4.69, 9.17) is 4.74 Å². The Labute approximate surface area is 177 Å². The number of nitrogens with one attached hydrogen (secondary N) is 3. The second-order valence-electron chi connectivity index (χ2n) is 7.33. The van der Waals surface area contributed by atoms with Crippen LogP contribution in [0.3, 0.4) is 0 Å². The van der Waals surface area contributed by atoms with Crippen LogP contribution in [0.1, 0.15) is 36.1 Å². The molecule has 0 spiro atoms. The summed E-state index contributed by atoms with van der Waals surface area (Å²) in [5.74, 6) is 0.508. The zero-order chi connectivity index (χ0) is 21.7. The molecule has 3 N–H and O–H groups in total. The minimum absolute atomic E-state index is 0.138. The van der Waals surface area contributed by atoms with E-state index in [0.29, 0.717) is 22.1 Å². The molecule has 3 aromatic rings. The van der Waals surface area contributed by atoms with Crippen molar-refractivity contribution in [2.75, 3.05) is 17.7 Å². The number of anilines is 2. The third-order valence-electron chi connectivity index (χ3n) is 3.83. The van der Waals surface area contributed by atoms with Gasteiger partial charge < -0.3 is 15.4 Å². The molecule has 9 nitrogen and oxygen atoms in total. The topological polar surface area (TPSA) is 118 Å². The van der Waals surface area contributed by atoms with Crippen molar-refractivity contribution in [1.29, 1.82) is 0 Å². The second kappa shape index (κ2) is 8.87. The predicted molar refractivity (Wildman–Crippen MR) is 115 cm³/mol. The highest BCUT2D eigenvalue weighted by Gasteiger charge is 2.20. The van der Waals surface area contributed by atoms with Crippen LogP contribution < -0.4 is 20.7 Å². The monoisotopic (exact) mass is 426 g/mol. The van der Waals surface area contributed by atoms with Crippen molar-refractivity contribution in [3.05, 3.63) is 53.2 Å². The quantitative estimate of drug-likeness (QED) is 0.567. The number of aromatic nitrogens is 3. The number of hydrogen-bond donors (Lipinski definition) is 3. The van der Waals surface area contributed by atoms with E-state index in [1.54, 1.807) is 43.4 Å². The Bertz CT molecular complexity index is 1060. The third-order valence-corrected chi connectivity index (χ3v) is 5.09. The molecule has 3 rings (SSSR count). The highest BCUT2D eigenvalue weighted by Crippen LogP contribution is 2.28. The lowest BCUT2D eigenvalue weighted by molar-refractivity contribution is 0.0962. The number of ether oxygens (including phenoxy) is 1. The number of nitrogens with zero attached hydrogens (tertiary/aromatic N) is 3. The first-order chi connectivity index (χ1) is 14.2. The van der Waals surface area contributed by atoms with Crippen molar-refractivity contribution in [1.82, 2.24) is 20.5 Å². The van der Waals surface area contributed by atoms with Gasteiger partial charge in [-0.15, -0.1) is 10.2 Å². The molecule has 0 aliphatic carbocycles. The minimum Gasteiger partial charge on any atom is -0.439 e. The van der Waals surface area contributed by atoms with Crippen molar-refractivity contribution in [2.24, 2.45) is 0 Å². The summed E-state index contributed by atoms with van der Waals surface area (Å²) in [6, 6.07) is 9.47. The molecule has 10 heteroatoms. The van der Waals surface area contributed by atoms with Crippen LogP contribution in [0, 0.1) is 0 Å². The van der Waals surface area contributed by atoms with Crippen LogP contribution in [-0.4, -0.2) is 34.2 Å². The smallest absolute Gasteiger partial charge is 0.325 e. The molecular weight excluding hydrogens is 404 g/mol. The van der Waals surface area contributed by atoms with E-state index < -0.39 is 6.03 Å². The highest BCUT2D eigenvalue weighted by molar-refractivity contribution is 7.15. The average molecular weight is 427 g/mol. The fourth-order valence-corrected chi connectivity index (χ4v) is 3.14. The summed E-state index contributed by atoms with van der Waals surface area (Å²) in [5.41, 5.74) is 0.816. The lowest BCUT2D eigenvalue weighted by Gasteiger charge is -2.12. The summed E-state index contributed by atoms with van der Waals surface area (Å²) in [4.78, 5) is 28.2. The third kappa shape index (κ3) is 5.51. The molecule has 0 fully saturated rings. The van der Waals surface area contributed by atoms with E-state index in [9.17, 15) is 9.59 Å². The Morgan fingerprint density at radius 3 is 2.57 bits per heavy atom. The van der Waals surface area contributed by atoms with Gasteiger partial charge in [-0.05, 0) is 24.3 Å². The number of pyridine rings is 1. The Balaban J connectivity index is 1.65. The first-order valence-corrected chi connectivity index (χ1v) is 9.94. The number of hydrogen-bond acceptors (Lipinski definition) is 7. The number of carbonyl (C=O) groups is 2. The summed E-state index contributed by atoms with van der Waals surface area (Å²) in [7, 11) is 1.56. The minimum atomic E-state index is -0.453. The van der Waals surface area contributed by atoms with Crippen LogP contribution in [0.25, 0.3) is 0 Å². The number of rotatable bonds is 5. The summed E-state index contributed by atoms with van der Waals surface area (Å²) >= 11 is 1.33. The van der Waals surface area contributed by atoms with E-state index in [1.165, 1.54) is 17.5 Å². The van der Waals surface area contributed by atoms with Crippen molar-refractivity contribution in [2.45, 2.75) is 26.2 Å². The molecular formula is C20H22N6O3S. The van der Waals surface area contributed by atoms with Gasteiger partial charge in [0.25, 0.3) is 5.91 Å². The molecule has 30 heavy (non-hydrogen) atoms. The molecule has 0 aliphatic rings. The van der Waals surface area contributed by atoms with Gasteiger partial charge in [-0.1, -0.05) is 38.2 Å². The molecule has 0 unspecified atom stereocenters. The largest absolute Gasteiger partial charge is 0.439 e. The molecule has 0 atom stereocenters. The van der Waals surface area contributed by atoms with Crippen LogP contribution in [0.15, 0.2) is 42.6 Å². The van der Waals surface area contributed by atoms with E-state index >= 15 is 0 Å². The van der Waals surface area contributed by atoms with Gasteiger partial charge in [-0.25, -0.2) is 9.78 Å². The predicted octanol–water partition coefficient (Wildman–Crippen LogP) is 4.03. The maximum atomic E-state index is 12.3. The summed E-state index contributed by atoms with van der Waals surface area (Å²) in [5, 5.41) is 17.3. The van der Waals surface area contributed by atoms with Gasteiger partial charge in [0.05, 0.1) is 0 Å².